The van der Waals surface area contributed by atoms with E-state index in [-0.39, 0.29) is 11.5 Å². The number of hydrogen-bond acceptors (Lipinski definition) is 2. The largest absolute Gasteiger partial charge is 0.452 e. The average Bonchev–Trinajstić information content (AvgIpc) is 2.35. The highest BCUT2D eigenvalue weighted by molar-refractivity contribution is 6.32. The molecule has 0 spiro atoms. The van der Waals surface area contributed by atoms with Gasteiger partial charge in [-0.25, -0.2) is 0 Å². The molecule has 0 bridgehead atoms. The lowest BCUT2D eigenvalue weighted by Crippen LogP contribution is -1.86. The number of rotatable bonds is 2. The van der Waals surface area contributed by atoms with Crippen molar-refractivity contribution < 1.29 is 9.84 Å². The van der Waals surface area contributed by atoms with Gasteiger partial charge in [-0.1, -0.05) is 23.7 Å². The van der Waals surface area contributed by atoms with Crippen LogP contribution in [0.2, 0.25) is 5.02 Å². The fourth-order valence-corrected chi connectivity index (χ4v) is 1.48. The first-order valence-corrected chi connectivity index (χ1v) is 5.22. The fourth-order valence-electron chi connectivity index (χ4n) is 1.30. The van der Waals surface area contributed by atoms with Gasteiger partial charge in [-0.15, -0.1) is 0 Å². The van der Waals surface area contributed by atoms with Crippen LogP contribution in [0.3, 0.4) is 0 Å². The Hall–Kier alpha value is -2.18. The van der Waals surface area contributed by atoms with Gasteiger partial charge >= 0.3 is 0 Å². The highest BCUT2D eigenvalue weighted by atomic mass is 35.5. The number of ether oxygens (including phenoxy) is 1. The first kappa shape index (κ1) is 11.3. The third-order valence-electron chi connectivity index (χ3n) is 2.13. The topological polar surface area (TPSA) is 52.9 Å². The first-order valence-electron chi connectivity index (χ1n) is 4.84. The maximum atomic E-state index is 11.5. The van der Waals surface area contributed by atoms with Gasteiger partial charge in [0, 0.05) is 6.07 Å². The molecule has 2 aromatic carbocycles. The summed E-state index contributed by atoms with van der Waals surface area (Å²) in [6.07, 6.45) is 0. The first-order chi connectivity index (χ1) is 8.20. The van der Waals surface area contributed by atoms with Crippen LogP contribution in [0.1, 0.15) is 5.56 Å². The lowest BCUT2D eigenvalue weighted by atomic mass is 10.2. The zero-order chi connectivity index (χ0) is 12.3. The molecule has 1 radical (unpaired) electrons. The van der Waals surface area contributed by atoms with E-state index < -0.39 is 0 Å². The van der Waals surface area contributed by atoms with Gasteiger partial charge in [0.1, 0.15) is 5.75 Å². The number of benzene rings is 2. The summed E-state index contributed by atoms with van der Waals surface area (Å²) in [5.41, 5.74) is 0.367. The Labute approximate surface area is 103 Å². The molecule has 0 unspecified atom stereocenters. The van der Waals surface area contributed by atoms with E-state index in [4.69, 9.17) is 21.6 Å². The van der Waals surface area contributed by atoms with Crippen molar-refractivity contribution >= 4 is 11.6 Å². The molecule has 4 heteroatoms. The van der Waals surface area contributed by atoms with E-state index in [9.17, 15) is 5.11 Å². The summed E-state index contributed by atoms with van der Waals surface area (Å²) in [5, 5.41) is 20.7. The highest BCUT2D eigenvalue weighted by Gasteiger charge is 2.09. The second-order valence-corrected chi connectivity index (χ2v) is 3.71. The third-order valence-corrected chi connectivity index (χ3v) is 2.44. The minimum absolute atomic E-state index is 0.0946. The molecule has 3 nitrogen and oxygen atoms in total. The van der Waals surface area contributed by atoms with Gasteiger partial charge in [0.2, 0.25) is 5.75 Å². The van der Waals surface area contributed by atoms with Crippen LogP contribution in [0.4, 0.5) is 0 Å². The number of hydrogen-bond donors (Lipinski definition) is 0. The van der Waals surface area contributed by atoms with Crippen LogP contribution >= 0.6 is 11.6 Å². The van der Waals surface area contributed by atoms with Crippen molar-refractivity contribution in [3.8, 4) is 23.3 Å². The van der Waals surface area contributed by atoms with E-state index in [0.29, 0.717) is 16.3 Å². The van der Waals surface area contributed by atoms with Gasteiger partial charge in [-0.2, -0.15) is 5.26 Å². The lowest BCUT2D eigenvalue weighted by molar-refractivity contribution is 0.329. The molecule has 0 aliphatic heterocycles. The second kappa shape index (κ2) is 4.77. The van der Waals surface area contributed by atoms with Gasteiger partial charge in [-0.05, 0) is 24.3 Å². The van der Waals surface area contributed by atoms with Crippen molar-refractivity contribution in [2.75, 3.05) is 0 Å². The van der Waals surface area contributed by atoms with Crippen molar-refractivity contribution in [3.63, 3.8) is 0 Å². The van der Waals surface area contributed by atoms with Crippen LogP contribution < -0.4 is 4.74 Å². The molecule has 2 aromatic rings. The SMILES string of the molecule is N#Cc1ccc([O])c(Oc2ccccc2Cl)c1. The summed E-state index contributed by atoms with van der Waals surface area (Å²) in [7, 11) is 0. The Morgan fingerprint density at radius 3 is 2.59 bits per heavy atom. The molecular formula is C13H7ClNO2. The number of nitrogens with zero attached hydrogens (tertiary/aromatic N) is 1. The minimum atomic E-state index is -0.288. The Morgan fingerprint density at radius 1 is 1.12 bits per heavy atom. The Balaban J connectivity index is 2.37. The zero-order valence-corrected chi connectivity index (χ0v) is 9.44. The van der Waals surface area contributed by atoms with Crippen molar-refractivity contribution in [1.29, 1.82) is 5.26 Å². The van der Waals surface area contributed by atoms with E-state index in [1.165, 1.54) is 18.2 Å². The molecule has 0 amide bonds. The van der Waals surface area contributed by atoms with Crippen molar-refractivity contribution in [1.82, 2.24) is 0 Å². The van der Waals surface area contributed by atoms with Gasteiger partial charge in [0.05, 0.1) is 16.7 Å². The molecule has 17 heavy (non-hydrogen) atoms. The molecule has 0 heterocycles. The fraction of sp³-hybridized carbons (Fsp3) is 0. The number of nitriles is 1. The van der Waals surface area contributed by atoms with Gasteiger partial charge in [-0.3, -0.25) is 5.11 Å². The normalized spacial score (nSPS) is 9.65. The summed E-state index contributed by atoms with van der Waals surface area (Å²) in [5.74, 6) is 0.197. The molecule has 0 saturated carbocycles. The summed E-state index contributed by atoms with van der Waals surface area (Å²) < 4.78 is 5.39. The van der Waals surface area contributed by atoms with E-state index in [1.807, 2.05) is 6.07 Å². The molecule has 0 aliphatic carbocycles. The van der Waals surface area contributed by atoms with Gasteiger partial charge in [0.25, 0.3) is 0 Å². The van der Waals surface area contributed by atoms with Crippen LogP contribution in [0.15, 0.2) is 42.5 Å². The maximum absolute atomic E-state index is 11.5. The predicted octanol–water partition coefficient (Wildman–Crippen LogP) is 4.15. The van der Waals surface area contributed by atoms with Crippen LogP contribution in [-0.2, 0) is 5.11 Å². The van der Waals surface area contributed by atoms with Crippen molar-refractivity contribution in [2.45, 2.75) is 0 Å². The second-order valence-electron chi connectivity index (χ2n) is 3.31. The highest BCUT2D eigenvalue weighted by Crippen LogP contribution is 2.34. The molecule has 0 aromatic heterocycles. The smallest absolute Gasteiger partial charge is 0.221 e. The van der Waals surface area contributed by atoms with E-state index in [0.717, 1.165) is 0 Å². The molecule has 2 rings (SSSR count). The zero-order valence-electron chi connectivity index (χ0n) is 8.68. The van der Waals surface area contributed by atoms with E-state index in [1.54, 1.807) is 24.3 Å². The summed E-state index contributed by atoms with van der Waals surface area (Å²) >= 11 is 5.91. The van der Waals surface area contributed by atoms with E-state index in [2.05, 4.69) is 0 Å². The van der Waals surface area contributed by atoms with E-state index >= 15 is 0 Å². The van der Waals surface area contributed by atoms with Gasteiger partial charge < -0.3 is 4.74 Å². The lowest BCUT2D eigenvalue weighted by Gasteiger charge is -2.07. The monoisotopic (exact) mass is 244 g/mol. The summed E-state index contributed by atoms with van der Waals surface area (Å²) in [6, 6.07) is 12.9. The molecule has 0 saturated heterocycles. The minimum Gasteiger partial charge on any atom is -0.452 e. The predicted molar refractivity (Wildman–Crippen MR) is 62.8 cm³/mol. The number of halogens is 1. The van der Waals surface area contributed by atoms with Crippen LogP contribution in [0.25, 0.3) is 0 Å². The molecule has 0 fully saturated rings. The van der Waals surface area contributed by atoms with Gasteiger partial charge in [0.15, 0.2) is 5.75 Å². The Kier molecular flexibility index (Phi) is 3.17. The average molecular weight is 245 g/mol. The van der Waals surface area contributed by atoms with Crippen molar-refractivity contribution in [2.24, 2.45) is 0 Å². The molecular weight excluding hydrogens is 238 g/mol. The molecule has 0 aliphatic rings. The summed E-state index contributed by atoms with van der Waals surface area (Å²) in [4.78, 5) is 0. The molecule has 0 atom stereocenters. The van der Waals surface area contributed by atoms with Crippen LogP contribution in [0.5, 0.6) is 17.2 Å². The van der Waals surface area contributed by atoms with Crippen molar-refractivity contribution in [3.05, 3.63) is 53.1 Å². The third kappa shape index (κ3) is 2.49. The summed E-state index contributed by atoms with van der Waals surface area (Å²) in [6.45, 7) is 0. The quantitative estimate of drug-likeness (QED) is 0.797. The standard InChI is InChI=1S/C13H7ClNO2/c14-10-3-1-2-4-12(10)17-13-7-9(8-15)5-6-11(13)16/h1-7H. The van der Waals surface area contributed by atoms with Crippen LogP contribution in [-0.4, -0.2) is 0 Å². The molecule has 0 N–H and O–H groups in total. The Morgan fingerprint density at radius 2 is 1.88 bits per heavy atom. The molecule has 83 valence electrons. The van der Waals surface area contributed by atoms with Crippen LogP contribution in [0, 0.1) is 11.3 Å². The Bertz CT molecular complexity index is 590. The number of para-hydroxylation sites is 1. The maximum Gasteiger partial charge on any atom is 0.221 e.